The maximum atomic E-state index is 13.0. The van der Waals surface area contributed by atoms with Crippen molar-refractivity contribution < 1.29 is 19.1 Å². The molecular weight excluding hydrogens is 348 g/mol. The Morgan fingerprint density at radius 1 is 1.19 bits per heavy atom. The molecule has 1 aliphatic heterocycles. The maximum Gasteiger partial charge on any atom is 0.230 e. The number of hydrogen-bond donors (Lipinski definition) is 1. The van der Waals surface area contributed by atoms with Crippen LogP contribution in [0.15, 0.2) is 53.6 Å². The summed E-state index contributed by atoms with van der Waals surface area (Å²) in [4.78, 5) is 27.5. The standard InChI is InChI=1S/C19H18N4O4/c1-19(26-9-10-27-19)14-7-8-16(22-17(24)12-21-23-20)15(11-14)18(25)13-5-3-2-4-6-13/h2-8,11H,9-10,12H2,1H3,(H,22,24). The van der Waals surface area contributed by atoms with Crippen LogP contribution in [0.4, 0.5) is 5.69 Å². The number of carbonyl (C=O) groups excluding carboxylic acids is 2. The molecule has 138 valence electrons. The number of carbonyl (C=O) groups is 2. The van der Waals surface area contributed by atoms with Gasteiger partial charge in [0.2, 0.25) is 5.91 Å². The number of rotatable bonds is 6. The number of ketones is 1. The molecule has 27 heavy (non-hydrogen) atoms. The molecule has 1 amide bonds. The highest BCUT2D eigenvalue weighted by Gasteiger charge is 2.34. The molecule has 0 unspecified atom stereocenters. The number of ether oxygens (including phenoxy) is 2. The molecule has 8 heteroatoms. The second-order valence-electron chi connectivity index (χ2n) is 6.04. The van der Waals surface area contributed by atoms with Gasteiger partial charge in [-0.25, -0.2) is 0 Å². The minimum atomic E-state index is -0.945. The van der Waals surface area contributed by atoms with Gasteiger partial charge in [0.1, 0.15) is 6.54 Å². The second kappa shape index (κ2) is 8.01. The Bertz CT molecular complexity index is 901. The van der Waals surface area contributed by atoms with Crippen LogP contribution in [-0.2, 0) is 20.1 Å². The summed E-state index contributed by atoms with van der Waals surface area (Å²) in [5, 5.41) is 5.86. The van der Waals surface area contributed by atoms with E-state index in [-0.39, 0.29) is 12.3 Å². The van der Waals surface area contributed by atoms with Crippen molar-refractivity contribution >= 4 is 17.4 Å². The first-order valence-electron chi connectivity index (χ1n) is 8.36. The summed E-state index contributed by atoms with van der Waals surface area (Å²) in [6, 6.07) is 13.8. The average Bonchev–Trinajstić information content (AvgIpc) is 3.14. The molecule has 1 heterocycles. The fraction of sp³-hybridized carbons (Fsp3) is 0.263. The van der Waals surface area contributed by atoms with Crippen LogP contribution in [-0.4, -0.2) is 31.4 Å². The minimum absolute atomic E-state index is 0.252. The summed E-state index contributed by atoms with van der Waals surface area (Å²) in [5.41, 5.74) is 10.1. The molecule has 0 aliphatic carbocycles. The second-order valence-corrected chi connectivity index (χ2v) is 6.04. The van der Waals surface area contributed by atoms with Gasteiger partial charge >= 0.3 is 0 Å². The van der Waals surface area contributed by atoms with E-state index in [0.717, 1.165) is 0 Å². The van der Waals surface area contributed by atoms with Gasteiger partial charge in [0.15, 0.2) is 11.6 Å². The van der Waals surface area contributed by atoms with Crippen molar-refractivity contribution in [2.24, 2.45) is 5.11 Å². The predicted octanol–water partition coefficient (Wildman–Crippen LogP) is 3.39. The molecule has 0 aromatic heterocycles. The van der Waals surface area contributed by atoms with Crippen molar-refractivity contribution in [2.45, 2.75) is 12.7 Å². The Hall–Kier alpha value is -3.19. The highest BCUT2D eigenvalue weighted by atomic mass is 16.7. The third-order valence-corrected chi connectivity index (χ3v) is 4.21. The van der Waals surface area contributed by atoms with E-state index in [2.05, 4.69) is 15.3 Å². The lowest BCUT2D eigenvalue weighted by Crippen LogP contribution is -2.24. The van der Waals surface area contributed by atoms with Gasteiger partial charge in [0, 0.05) is 21.6 Å². The van der Waals surface area contributed by atoms with E-state index in [4.69, 9.17) is 15.0 Å². The van der Waals surface area contributed by atoms with Gasteiger partial charge in [0.25, 0.3) is 0 Å². The molecule has 0 spiro atoms. The zero-order valence-corrected chi connectivity index (χ0v) is 14.7. The Kier molecular flexibility index (Phi) is 5.52. The van der Waals surface area contributed by atoms with Gasteiger partial charge in [-0.1, -0.05) is 41.5 Å². The van der Waals surface area contributed by atoms with Crippen molar-refractivity contribution in [3.8, 4) is 0 Å². The quantitative estimate of drug-likeness (QED) is 0.365. The molecule has 0 bridgehead atoms. The molecule has 1 fully saturated rings. The number of amides is 1. The number of benzene rings is 2. The highest BCUT2D eigenvalue weighted by molar-refractivity contribution is 6.14. The summed E-state index contributed by atoms with van der Waals surface area (Å²) < 4.78 is 11.3. The summed E-state index contributed by atoms with van der Waals surface area (Å²) in [6.45, 7) is 2.35. The zero-order valence-electron chi connectivity index (χ0n) is 14.7. The van der Waals surface area contributed by atoms with Crippen LogP contribution in [0.5, 0.6) is 0 Å². The van der Waals surface area contributed by atoms with Gasteiger partial charge < -0.3 is 14.8 Å². The van der Waals surface area contributed by atoms with Crippen LogP contribution in [0, 0.1) is 0 Å². The lowest BCUT2D eigenvalue weighted by atomic mass is 9.96. The smallest absolute Gasteiger partial charge is 0.230 e. The van der Waals surface area contributed by atoms with Crippen molar-refractivity contribution in [3.05, 3.63) is 75.7 Å². The first-order valence-corrected chi connectivity index (χ1v) is 8.36. The van der Waals surface area contributed by atoms with Crippen molar-refractivity contribution in [1.82, 2.24) is 0 Å². The minimum Gasteiger partial charge on any atom is -0.344 e. The molecule has 1 aliphatic rings. The number of nitrogens with zero attached hydrogens (tertiary/aromatic N) is 3. The largest absolute Gasteiger partial charge is 0.344 e. The first-order chi connectivity index (χ1) is 13.0. The normalized spacial score (nSPS) is 15.0. The average molecular weight is 366 g/mol. The van der Waals surface area contributed by atoms with E-state index in [1.54, 1.807) is 49.4 Å². The number of anilines is 1. The molecule has 0 atom stereocenters. The van der Waals surface area contributed by atoms with E-state index in [0.29, 0.717) is 35.6 Å². The molecule has 1 N–H and O–H groups in total. The van der Waals surface area contributed by atoms with Gasteiger partial charge in [0.05, 0.1) is 18.9 Å². The van der Waals surface area contributed by atoms with Crippen LogP contribution in [0.2, 0.25) is 0 Å². The number of nitrogens with one attached hydrogen (secondary N) is 1. The first kappa shape index (κ1) is 18.6. The summed E-state index contributed by atoms with van der Waals surface area (Å²) >= 11 is 0. The monoisotopic (exact) mass is 366 g/mol. The topological polar surface area (TPSA) is 113 Å². The van der Waals surface area contributed by atoms with E-state index < -0.39 is 11.7 Å². The van der Waals surface area contributed by atoms with E-state index in [1.807, 2.05) is 6.07 Å². The summed E-state index contributed by atoms with van der Waals surface area (Å²) in [6.07, 6.45) is 0. The van der Waals surface area contributed by atoms with Crippen LogP contribution in [0.25, 0.3) is 10.4 Å². The number of hydrogen-bond acceptors (Lipinski definition) is 5. The maximum absolute atomic E-state index is 13.0. The van der Waals surface area contributed by atoms with Crippen LogP contribution in [0.3, 0.4) is 0 Å². The summed E-state index contributed by atoms with van der Waals surface area (Å²) in [5.74, 6) is -1.71. The van der Waals surface area contributed by atoms with Crippen LogP contribution >= 0.6 is 0 Å². The van der Waals surface area contributed by atoms with Crippen LogP contribution < -0.4 is 5.32 Å². The van der Waals surface area contributed by atoms with Crippen molar-refractivity contribution in [1.29, 1.82) is 0 Å². The van der Waals surface area contributed by atoms with E-state index in [1.165, 1.54) is 0 Å². The molecular formula is C19H18N4O4. The summed E-state index contributed by atoms with van der Waals surface area (Å²) in [7, 11) is 0. The zero-order chi connectivity index (χ0) is 19.3. The molecule has 2 aromatic carbocycles. The predicted molar refractivity (Wildman–Crippen MR) is 98.2 cm³/mol. The van der Waals surface area contributed by atoms with Gasteiger partial charge in [-0.2, -0.15) is 0 Å². The SMILES string of the molecule is CC1(c2ccc(NC(=O)CN=[N+]=[N-])c(C(=O)c3ccccc3)c2)OCCO1. The van der Waals surface area contributed by atoms with E-state index in [9.17, 15) is 9.59 Å². The fourth-order valence-corrected chi connectivity index (χ4v) is 2.84. The molecule has 8 nitrogen and oxygen atoms in total. The van der Waals surface area contributed by atoms with Gasteiger partial charge in [-0.3, -0.25) is 9.59 Å². The molecule has 0 saturated carbocycles. The Morgan fingerprint density at radius 3 is 2.56 bits per heavy atom. The Balaban J connectivity index is 2.00. The number of azide groups is 1. The molecule has 3 rings (SSSR count). The highest BCUT2D eigenvalue weighted by Crippen LogP contribution is 2.33. The molecule has 2 aromatic rings. The lowest BCUT2D eigenvalue weighted by molar-refractivity contribution is -0.149. The third-order valence-electron chi connectivity index (χ3n) is 4.21. The van der Waals surface area contributed by atoms with Crippen molar-refractivity contribution in [3.63, 3.8) is 0 Å². The van der Waals surface area contributed by atoms with E-state index >= 15 is 0 Å². The molecule has 0 radical (unpaired) electrons. The van der Waals surface area contributed by atoms with Crippen molar-refractivity contribution in [2.75, 3.05) is 25.1 Å². The fourth-order valence-electron chi connectivity index (χ4n) is 2.84. The van der Waals surface area contributed by atoms with Gasteiger partial charge in [-0.15, -0.1) is 0 Å². The third kappa shape index (κ3) is 4.15. The van der Waals surface area contributed by atoms with Crippen LogP contribution in [0.1, 0.15) is 28.4 Å². The molecule has 1 saturated heterocycles. The lowest BCUT2D eigenvalue weighted by Gasteiger charge is -2.24. The van der Waals surface area contributed by atoms with Gasteiger partial charge in [-0.05, 0) is 24.6 Å². The Labute approximate surface area is 155 Å². The Morgan fingerprint density at radius 2 is 1.89 bits per heavy atom.